The molecular weight excluding hydrogens is 724 g/mol. The van der Waals surface area contributed by atoms with E-state index in [1.165, 1.54) is 35.4 Å². The van der Waals surface area contributed by atoms with Crippen LogP contribution in [-0.4, -0.2) is 0 Å². The minimum Gasteiger partial charge on any atom is -0.311 e. The Hall–Kier alpha value is -5.65. The van der Waals surface area contributed by atoms with Gasteiger partial charge in [-0.1, -0.05) is 69.2 Å². The Morgan fingerprint density at radius 3 is 1.54 bits per heavy atom. The Morgan fingerprint density at radius 1 is 0.648 bits per heavy atom. The lowest BCUT2D eigenvalue weighted by Gasteiger charge is -2.26. The number of thiophene rings is 1. The number of rotatable bonds is 13. The molecular formula is C43H34F7N3S. The molecule has 3 nitrogen and oxygen atoms in total. The average molecular weight is 758 g/mol. The van der Waals surface area contributed by atoms with E-state index in [1.807, 2.05) is 24.3 Å². The first-order valence-electron chi connectivity index (χ1n) is 17.3. The second-order valence-electron chi connectivity index (χ2n) is 12.5. The smallest absolute Gasteiger partial charge is 0.311 e. The fraction of sp³-hybridized carbons (Fsp3) is 0.209. The molecule has 0 aliphatic carbocycles. The van der Waals surface area contributed by atoms with E-state index in [-0.39, 0.29) is 4.88 Å². The van der Waals surface area contributed by atoms with Gasteiger partial charge in [-0.3, -0.25) is 0 Å². The Kier molecular flexibility index (Phi) is 12.8. The van der Waals surface area contributed by atoms with E-state index in [4.69, 9.17) is 0 Å². The van der Waals surface area contributed by atoms with Gasteiger partial charge in [-0.15, -0.1) is 11.3 Å². The maximum atomic E-state index is 15.1. The van der Waals surface area contributed by atoms with Gasteiger partial charge in [0.15, 0.2) is 23.3 Å². The van der Waals surface area contributed by atoms with Crippen molar-refractivity contribution in [2.75, 3.05) is 4.90 Å². The highest BCUT2D eigenvalue weighted by atomic mass is 32.1. The van der Waals surface area contributed by atoms with Crippen molar-refractivity contribution < 1.29 is 30.7 Å². The van der Waals surface area contributed by atoms with E-state index in [0.717, 1.165) is 72.5 Å². The van der Waals surface area contributed by atoms with Gasteiger partial charge < -0.3 is 4.90 Å². The van der Waals surface area contributed by atoms with Gasteiger partial charge in [0, 0.05) is 32.4 Å². The molecule has 54 heavy (non-hydrogen) atoms. The number of nitriles is 2. The van der Waals surface area contributed by atoms with Crippen LogP contribution in [0.25, 0.3) is 17.7 Å². The number of aryl methyl sites for hydroxylation is 2. The summed E-state index contributed by atoms with van der Waals surface area (Å²) in [6.07, 6.45) is 4.09. The summed E-state index contributed by atoms with van der Waals surface area (Å²) < 4.78 is 98.9. The second kappa shape index (κ2) is 17.5. The molecule has 276 valence electrons. The van der Waals surface area contributed by atoms with Gasteiger partial charge >= 0.3 is 6.18 Å². The van der Waals surface area contributed by atoms with Crippen LogP contribution in [0.5, 0.6) is 0 Å². The molecule has 5 aromatic rings. The Labute approximate surface area is 313 Å². The van der Waals surface area contributed by atoms with Crippen molar-refractivity contribution >= 4 is 46.1 Å². The lowest BCUT2D eigenvalue weighted by atomic mass is 9.96. The van der Waals surface area contributed by atoms with Crippen LogP contribution in [0.2, 0.25) is 0 Å². The van der Waals surface area contributed by atoms with E-state index >= 15 is 8.78 Å². The molecule has 0 amide bonds. The summed E-state index contributed by atoms with van der Waals surface area (Å²) in [6.45, 7) is 4.33. The van der Waals surface area contributed by atoms with E-state index in [1.54, 1.807) is 12.2 Å². The van der Waals surface area contributed by atoms with E-state index in [2.05, 4.69) is 67.3 Å². The molecule has 1 aromatic heterocycles. The van der Waals surface area contributed by atoms with Gasteiger partial charge in [-0.25, -0.2) is 17.6 Å². The first kappa shape index (κ1) is 39.6. The molecule has 0 saturated heterocycles. The highest BCUT2D eigenvalue weighted by molar-refractivity contribution is 7.14. The van der Waals surface area contributed by atoms with Crippen LogP contribution in [0.1, 0.15) is 77.1 Å². The number of unbranched alkanes of at least 4 members (excludes halogenated alkanes) is 2. The number of hydrogen-bond acceptors (Lipinski definition) is 4. The number of hydrogen-bond donors (Lipinski definition) is 0. The molecule has 4 aromatic carbocycles. The third kappa shape index (κ3) is 8.75. The SMILES string of the molecule is CCCCc1ccc(N(c2ccc(/C=C/c3ccc(C(=C(C#N)C#N)c4c(F)c(F)c(C(F)(F)F)c(F)c4F)s3)cc2)c2ccc(CCCC)cc2)cc1. The first-order valence-corrected chi connectivity index (χ1v) is 18.1. The van der Waals surface area contributed by atoms with E-state index in [0.29, 0.717) is 4.88 Å². The van der Waals surface area contributed by atoms with Crippen LogP contribution in [0.3, 0.4) is 0 Å². The largest absolute Gasteiger partial charge is 0.422 e. The molecule has 11 heteroatoms. The molecule has 0 saturated carbocycles. The van der Waals surface area contributed by atoms with Gasteiger partial charge in [0.25, 0.3) is 0 Å². The Bertz CT molecular complexity index is 2140. The summed E-state index contributed by atoms with van der Waals surface area (Å²) in [4.78, 5) is 2.44. The molecule has 0 aliphatic heterocycles. The van der Waals surface area contributed by atoms with Crippen molar-refractivity contribution in [1.29, 1.82) is 10.5 Å². The highest BCUT2D eigenvalue weighted by Crippen LogP contribution is 2.42. The summed E-state index contributed by atoms with van der Waals surface area (Å²) in [5.41, 5.74) is 0.0371. The summed E-state index contributed by atoms with van der Waals surface area (Å²) in [5, 5.41) is 19.0. The number of nitrogens with zero attached hydrogens (tertiary/aromatic N) is 3. The third-order valence-electron chi connectivity index (χ3n) is 8.76. The van der Waals surface area contributed by atoms with Gasteiger partial charge in [0.1, 0.15) is 23.3 Å². The zero-order valence-corrected chi connectivity index (χ0v) is 30.2. The van der Waals surface area contributed by atoms with Crippen molar-refractivity contribution in [3.8, 4) is 12.1 Å². The number of alkyl halides is 3. The summed E-state index contributed by atoms with van der Waals surface area (Å²) in [5.74, 6) is -10.1. The van der Waals surface area contributed by atoms with E-state index < -0.39 is 51.7 Å². The maximum absolute atomic E-state index is 15.1. The quantitative estimate of drug-likeness (QED) is 0.0683. The maximum Gasteiger partial charge on any atom is 0.422 e. The molecule has 0 fully saturated rings. The highest BCUT2D eigenvalue weighted by Gasteiger charge is 2.43. The molecule has 0 radical (unpaired) electrons. The number of halogens is 7. The van der Waals surface area contributed by atoms with E-state index in [9.17, 15) is 32.5 Å². The lowest BCUT2D eigenvalue weighted by molar-refractivity contribution is -0.143. The van der Waals surface area contributed by atoms with Gasteiger partial charge in [0.2, 0.25) is 0 Å². The zero-order valence-electron chi connectivity index (χ0n) is 29.4. The van der Waals surface area contributed by atoms with Crippen molar-refractivity contribution in [3.63, 3.8) is 0 Å². The minimum absolute atomic E-state index is 0.170. The van der Waals surface area contributed by atoms with Crippen LogP contribution < -0.4 is 4.90 Å². The van der Waals surface area contributed by atoms with Crippen molar-refractivity contribution in [2.24, 2.45) is 0 Å². The standard InChI is InChI=1S/C43H34F7N3S/c1-3-5-7-27-9-16-31(17-10-27)53(32-18-11-28(12-19-32)8-6-4-2)33-20-13-29(14-21-33)15-22-34-23-24-35(54-34)36(30(25-51)26-52)37-39(44)41(46)38(43(48,49)50)42(47)40(37)45/h9-24H,3-8H2,1-2H3/b22-15+. The number of benzene rings is 4. The summed E-state index contributed by atoms with van der Waals surface area (Å²) in [7, 11) is 0. The van der Waals surface area contributed by atoms with Gasteiger partial charge in [-0.2, -0.15) is 23.7 Å². The number of allylic oxidation sites excluding steroid dienone is 1. The van der Waals surface area contributed by atoms with Crippen LogP contribution in [-0.2, 0) is 19.0 Å². The monoisotopic (exact) mass is 757 g/mol. The summed E-state index contributed by atoms with van der Waals surface area (Å²) in [6, 6.07) is 30.3. The first-order chi connectivity index (χ1) is 25.9. The van der Waals surface area contributed by atoms with Gasteiger partial charge in [0.05, 0.1) is 5.56 Å². The third-order valence-corrected chi connectivity index (χ3v) is 9.83. The molecule has 0 unspecified atom stereocenters. The topological polar surface area (TPSA) is 50.8 Å². The predicted molar refractivity (Wildman–Crippen MR) is 200 cm³/mol. The van der Waals surface area contributed by atoms with Crippen LogP contribution in [0.15, 0.2) is 90.5 Å². The lowest BCUT2D eigenvalue weighted by Crippen LogP contribution is -2.17. The van der Waals surface area contributed by atoms with Crippen molar-refractivity contribution in [3.05, 3.63) is 151 Å². The second-order valence-corrected chi connectivity index (χ2v) is 13.6. The van der Waals surface area contributed by atoms with Gasteiger partial charge in [-0.05, 0) is 97.0 Å². The fourth-order valence-electron chi connectivity index (χ4n) is 5.93. The molecule has 0 aliphatic rings. The van der Waals surface area contributed by atoms with Crippen molar-refractivity contribution in [2.45, 2.75) is 58.5 Å². The predicted octanol–water partition coefficient (Wildman–Crippen LogP) is 13.5. The molecule has 0 bridgehead atoms. The fourth-order valence-corrected chi connectivity index (χ4v) is 6.90. The van der Waals surface area contributed by atoms with Crippen LogP contribution in [0, 0.1) is 45.9 Å². The zero-order chi connectivity index (χ0) is 39.0. The molecule has 1 heterocycles. The Morgan fingerprint density at radius 2 is 1.11 bits per heavy atom. The van der Waals surface area contributed by atoms with Crippen molar-refractivity contribution in [1.82, 2.24) is 0 Å². The van der Waals surface area contributed by atoms with Crippen LogP contribution in [0.4, 0.5) is 47.8 Å². The molecule has 0 atom stereocenters. The number of anilines is 3. The minimum atomic E-state index is -5.75. The molecule has 0 spiro atoms. The van der Waals surface area contributed by atoms with Crippen LogP contribution >= 0.6 is 11.3 Å². The average Bonchev–Trinajstić information content (AvgIpc) is 3.64. The summed E-state index contributed by atoms with van der Waals surface area (Å²) >= 11 is 0.812. The molecule has 5 rings (SSSR count). The Balaban J connectivity index is 1.46. The molecule has 0 N–H and O–H groups in total. The normalized spacial score (nSPS) is 11.4.